The summed E-state index contributed by atoms with van der Waals surface area (Å²) in [6.45, 7) is 3.03. The monoisotopic (exact) mass is 251 g/mol. The minimum atomic E-state index is 0. The van der Waals surface area contributed by atoms with Gasteiger partial charge in [-0.15, -0.1) is 12.4 Å². The van der Waals surface area contributed by atoms with Gasteiger partial charge in [0.25, 0.3) is 0 Å². The smallest absolute Gasteiger partial charge is 0.0616 e. The minimum absolute atomic E-state index is 0. The van der Waals surface area contributed by atoms with Crippen molar-refractivity contribution in [3.63, 3.8) is 0 Å². The first kappa shape index (κ1) is 12.6. The fourth-order valence-electron chi connectivity index (χ4n) is 3.04. The van der Waals surface area contributed by atoms with Gasteiger partial charge in [-0.05, 0) is 18.1 Å². The van der Waals surface area contributed by atoms with E-state index in [1.165, 1.54) is 11.1 Å². The summed E-state index contributed by atoms with van der Waals surface area (Å²) < 4.78 is 5.27. The van der Waals surface area contributed by atoms with E-state index in [0.717, 1.165) is 6.61 Å². The third-order valence-corrected chi connectivity index (χ3v) is 3.67. The van der Waals surface area contributed by atoms with E-state index >= 15 is 0 Å². The fourth-order valence-corrected chi connectivity index (χ4v) is 3.04. The van der Waals surface area contributed by atoms with Gasteiger partial charge in [-0.1, -0.05) is 36.4 Å². The molecular weight excluding hydrogens is 234 g/mol. The second-order valence-electron chi connectivity index (χ2n) is 4.66. The zero-order chi connectivity index (χ0) is 11.1. The van der Waals surface area contributed by atoms with Crippen LogP contribution in [0, 0.1) is 0 Å². The van der Waals surface area contributed by atoms with E-state index in [2.05, 4.69) is 48.2 Å². The van der Waals surface area contributed by atoms with Gasteiger partial charge in [0, 0.05) is 13.2 Å². The standard InChI is InChI=1S/C14H17NO.ClH/c1-10(9-16-2)15-13-7-8-14(15)12-6-4-3-5-11(12)13;/h3-8,10,13-14H,9H2,1-2H3;1H. The third-order valence-electron chi connectivity index (χ3n) is 3.67. The van der Waals surface area contributed by atoms with Crippen LogP contribution in [0.4, 0.5) is 0 Å². The Morgan fingerprint density at radius 1 is 1.18 bits per heavy atom. The lowest BCUT2D eigenvalue weighted by molar-refractivity contribution is 0.0826. The van der Waals surface area contributed by atoms with Crippen molar-refractivity contribution >= 4 is 12.4 Å². The number of benzene rings is 1. The van der Waals surface area contributed by atoms with Crippen LogP contribution < -0.4 is 0 Å². The van der Waals surface area contributed by atoms with Crippen LogP contribution >= 0.6 is 12.4 Å². The first-order chi connectivity index (χ1) is 7.83. The van der Waals surface area contributed by atoms with Gasteiger partial charge in [0.15, 0.2) is 0 Å². The number of ether oxygens (including phenoxy) is 1. The van der Waals surface area contributed by atoms with Crippen molar-refractivity contribution in [1.29, 1.82) is 0 Å². The first-order valence-corrected chi connectivity index (χ1v) is 5.86. The molecule has 3 atom stereocenters. The maximum atomic E-state index is 5.27. The maximum Gasteiger partial charge on any atom is 0.0616 e. The van der Waals surface area contributed by atoms with E-state index in [-0.39, 0.29) is 12.4 Å². The van der Waals surface area contributed by atoms with Crippen LogP contribution in [0.5, 0.6) is 0 Å². The molecule has 0 saturated carbocycles. The van der Waals surface area contributed by atoms with Gasteiger partial charge in [0.2, 0.25) is 0 Å². The highest BCUT2D eigenvalue weighted by Gasteiger charge is 2.41. The summed E-state index contributed by atoms with van der Waals surface area (Å²) >= 11 is 0. The average Bonchev–Trinajstić information content (AvgIpc) is 2.86. The predicted molar refractivity (Wildman–Crippen MR) is 71.5 cm³/mol. The largest absolute Gasteiger partial charge is 0.383 e. The minimum Gasteiger partial charge on any atom is -0.383 e. The molecule has 1 aromatic rings. The molecule has 2 aliphatic rings. The Morgan fingerprint density at radius 2 is 1.71 bits per heavy atom. The molecule has 1 aromatic carbocycles. The third kappa shape index (κ3) is 1.81. The number of hydrogen-bond donors (Lipinski definition) is 0. The lowest BCUT2D eigenvalue weighted by atomic mass is 9.97. The van der Waals surface area contributed by atoms with Gasteiger partial charge in [0.05, 0.1) is 18.7 Å². The molecule has 2 heterocycles. The lowest BCUT2D eigenvalue weighted by Crippen LogP contribution is -2.34. The molecule has 2 aliphatic heterocycles. The predicted octanol–water partition coefficient (Wildman–Crippen LogP) is 3.11. The molecule has 17 heavy (non-hydrogen) atoms. The van der Waals surface area contributed by atoms with Crippen molar-refractivity contribution in [2.45, 2.75) is 25.0 Å². The van der Waals surface area contributed by atoms with Crippen molar-refractivity contribution in [3.05, 3.63) is 47.5 Å². The van der Waals surface area contributed by atoms with Crippen LogP contribution in [0.3, 0.4) is 0 Å². The van der Waals surface area contributed by atoms with Gasteiger partial charge in [-0.2, -0.15) is 0 Å². The first-order valence-electron chi connectivity index (χ1n) is 5.86. The van der Waals surface area contributed by atoms with Crippen LogP contribution in [0.15, 0.2) is 36.4 Å². The normalized spacial score (nSPS) is 26.7. The molecular formula is C14H18ClNO. The molecule has 3 unspecified atom stereocenters. The van der Waals surface area contributed by atoms with Crippen LogP contribution in [-0.2, 0) is 4.74 Å². The quantitative estimate of drug-likeness (QED) is 0.766. The van der Waals surface area contributed by atoms with Crippen LogP contribution in [0.1, 0.15) is 30.1 Å². The molecule has 0 aliphatic carbocycles. The van der Waals surface area contributed by atoms with Gasteiger partial charge >= 0.3 is 0 Å². The average molecular weight is 252 g/mol. The van der Waals surface area contributed by atoms with Crippen LogP contribution in [0.25, 0.3) is 0 Å². The molecule has 0 aromatic heterocycles. The van der Waals surface area contributed by atoms with Crippen LogP contribution in [-0.4, -0.2) is 24.7 Å². The molecule has 2 bridgehead atoms. The van der Waals surface area contributed by atoms with Crippen molar-refractivity contribution in [3.8, 4) is 0 Å². The van der Waals surface area contributed by atoms with Crippen molar-refractivity contribution in [1.82, 2.24) is 4.90 Å². The van der Waals surface area contributed by atoms with E-state index in [1.807, 2.05) is 0 Å². The summed E-state index contributed by atoms with van der Waals surface area (Å²) in [4.78, 5) is 2.54. The summed E-state index contributed by atoms with van der Waals surface area (Å²) in [6, 6.07) is 10.1. The van der Waals surface area contributed by atoms with Gasteiger partial charge < -0.3 is 4.74 Å². The Kier molecular flexibility index (Phi) is 3.57. The highest BCUT2D eigenvalue weighted by atomic mass is 35.5. The topological polar surface area (TPSA) is 12.5 Å². The molecule has 0 radical (unpaired) electrons. The highest BCUT2D eigenvalue weighted by molar-refractivity contribution is 5.85. The summed E-state index contributed by atoms with van der Waals surface area (Å²) in [5, 5.41) is 0. The summed E-state index contributed by atoms with van der Waals surface area (Å²) in [6.07, 6.45) is 4.64. The summed E-state index contributed by atoms with van der Waals surface area (Å²) in [5.41, 5.74) is 2.94. The van der Waals surface area contributed by atoms with E-state index < -0.39 is 0 Å². The Bertz CT molecular complexity index is 399. The maximum absolute atomic E-state index is 5.27. The molecule has 0 fully saturated rings. The Labute approximate surface area is 109 Å². The second-order valence-corrected chi connectivity index (χ2v) is 4.66. The Hall–Kier alpha value is -0.830. The molecule has 3 rings (SSSR count). The number of methoxy groups -OCH3 is 1. The highest BCUT2D eigenvalue weighted by Crippen LogP contribution is 2.49. The number of fused-ring (bicyclic) bond motifs is 5. The zero-order valence-corrected chi connectivity index (χ0v) is 11.0. The van der Waals surface area contributed by atoms with E-state index in [9.17, 15) is 0 Å². The molecule has 0 spiro atoms. The second kappa shape index (κ2) is 4.81. The van der Waals surface area contributed by atoms with Crippen molar-refractivity contribution in [2.24, 2.45) is 0 Å². The number of hydrogen-bond acceptors (Lipinski definition) is 2. The van der Waals surface area contributed by atoms with Crippen molar-refractivity contribution < 1.29 is 4.74 Å². The van der Waals surface area contributed by atoms with E-state index in [0.29, 0.717) is 18.1 Å². The lowest BCUT2D eigenvalue weighted by Gasteiger charge is -2.28. The number of halogens is 1. The van der Waals surface area contributed by atoms with Crippen molar-refractivity contribution in [2.75, 3.05) is 13.7 Å². The molecule has 3 heteroatoms. The molecule has 0 N–H and O–H groups in total. The number of rotatable bonds is 3. The zero-order valence-electron chi connectivity index (χ0n) is 10.2. The summed E-state index contributed by atoms with van der Waals surface area (Å²) in [7, 11) is 1.77. The van der Waals surface area contributed by atoms with E-state index in [1.54, 1.807) is 7.11 Å². The molecule has 2 nitrogen and oxygen atoms in total. The van der Waals surface area contributed by atoms with Gasteiger partial charge in [-0.3, -0.25) is 4.90 Å². The summed E-state index contributed by atoms with van der Waals surface area (Å²) in [5.74, 6) is 0. The fraction of sp³-hybridized carbons (Fsp3) is 0.429. The van der Waals surface area contributed by atoms with Gasteiger partial charge in [-0.25, -0.2) is 0 Å². The van der Waals surface area contributed by atoms with Crippen LogP contribution in [0.2, 0.25) is 0 Å². The Morgan fingerprint density at radius 3 is 2.18 bits per heavy atom. The SMILES string of the molecule is COCC(C)N1C2C=CC1c1ccccc12.Cl. The molecule has 0 amide bonds. The molecule has 92 valence electrons. The number of nitrogens with zero attached hydrogens (tertiary/aromatic N) is 1. The molecule has 0 saturated heterocycles. The Balaban J connectivity index is 0.00000108. The van der Waals surface area contributed by atoms with E-state index in [4.69, 9.17) is 4.74 Å². The van der Waals surface area contributed by atoms with Gasteiger partial charge in [0.1, 0.15) is 0 Å².